The van der Waals surface area contributed by atoms with E-state index in [4.69, 9.17) is 0 Å². The summed E-state index contributed by atoms with van der Waals surface area (Å²) in [4.78, 5) is 9.02. The van der Waals surface area contributed by atoms with Crippen LogP contribution in [-0.4, -0.2) is 28.2 Å². The van der Waals surface area contributed by atoms with E-state index in [0.29, 0.717) is 0 Å². The Morgan fingerprint density at radius 1 is 0.150 bits per heavy atom. The quantitative estimate of drug-likeness (QED) is 0.137. The maximum atomic E-state index is 4.66. The number of pyridine rings is 2. The first-order chi connectivity index (χ1) is 49.6. The third-order valence-electron chi connectivity index (χ3n) is 20.0. The van der Waals surface area contributed by atoms with Crippen LogP contribution >= 0.6 is 0 Å². The first-order valence-electron chi connectivity index (χ1n) is 34.1. The average molecular weight is 1280 g/mol. The molecule has 0 aliphatic carbocycles. The van der Waals surface area contributed by atoms with Gasteiger partial charge in [0.15, 0.2) is 0 Å². The number of para-hydroxylation sites is 4. The Labute approximate surface area is 578 Å². The molecule has 0 aliphatic heterocycles. The number of rotatable bonds is 10. The van der Waals surface area contributed by atoms with E-state index in [1.54, 1.807) is 0 Å². The van der Waals surface area contributed by atoms with Crippen LogP contribution in [0.3, 0.4) is 0 Å². The second-order valence-electron chi connectivity index (χ2n) is 25.8. The minimum Gasteiger partial charge on any atom is -0.309 e. The molecular weight excluding hydrogens is 1210 g/mol. The van der Waals surface area contributed by atoms with E-state index in [-0.39, 0.29) is 0 Å². The van der Waals surface area contributed by atoms with Crippen molar-refractivity contribution in [2.24, 2.45) is 0 Å². The summed E-state index contributed by atoms with van der Waals surface area (Å²) in [5, 5.41) is 9.93. The fraction of sp³-hybridized carbons (Fsp3) is 0. The molecule has 6 heterocycles. The van der Waals surface area contributed by atoms with E-state index >= 15 is 0 Å². The van der Waals surface area contributed by atoms with E-state index in [0.717, 1.165) is 67.2 Å². The monoisotopic (exact) mass is 1270 g/mol. The first kappa shape index (κ1) is 58.0. The Hall–Kier alpha value is -13.4. The second-order valence-corrected chi connectivity index (χ2v) is 25.8. The highest BCUT2D eigenvalue weighted by atomic mass is 15.0. The predicted molar refractivity (Wildman–Crippen MR) is 418 cm³/mol. The van der Waals surface area contributed by atoms with Gasteiger partial charge in [0, 0.05) is 107 Å². The van der Waals surface area contributed by atoms with Gasteiger partial charge in [0.05, 0.1) is 44.1 Å². The zero-order valence-electron chi connectivity index (χ0n) is 54.5. The molecular formula is C94H62N6. The van der Waals surface area contributed by atoms with Crippen molar-refractivity contribution >= 4 is 87.2 Å². The standard InChI is InChI=1S/C53H35N3.C41H27N3/c1-3-13-36(14-4-1)38-17-11-18-39(29-38)41-25-27-52-48(32-41)49-33-45(56-50-23-9-7-21-46(50)47-22-8-10-24-51(47)56)26-28-53(49)55(52)44-20-12-19-40(31-44)43-30-42(34-54-35-43)37-15-5-2-6-16-37;1-2-10-28(11-3-1)30-19-21-40-36(25-30)37-26-33(44-38-17-6-4-15-34(38)35-16-5-7-18-39(35)44)20-22-41(37)43(40)32-14-8-12-29(24-32)31-13-9-23-42-27-31/h1-35H;1-27H. The zero-order chi connectivity index (χ0) is 66.0. The fourth-order valence-corrected chi connectivity index (χ4v) is 15.3. The molecule has 0 saturated heterocycles. The minimum absolute atomic E-state index is 1.09. The van der Waals surface area contributed by atoms with E-state index in [2.05, 4.69) is 368 Å². The van der Waals surface area contributed by atoms with Gasteiger partial charge < -0.3 is 18.3 Å². The zero-order valence-corrected chi connectivity index (χ0v) is 54.5. The topological polar surface area (TPSA) is 45.5 Å². The van der Waals surface area contributed by atoms with Gasteiger partial charge in [0.2, 0.25) is 0 Å². The van der Waals surface area contributed by atoms with Gasteiger partial charge in [-0.3, -0.25) is 9.97 Å². The molecule has 20 aromatic rings. The molecule has 100 heavy (non-hydrogen) atoms. The minimum atomic E-state index is 1.09. The van der Waals surface area contributed by atoms with Crippen molar-refractivity contribution in [3.63, 3.8) is 0 Å². The van der Waals surface area contributed by atoms with Gasteiger partial charge in [0.1, 0.15) is 0 Å². The lowest BCUT2D eigenvalue weighted by atomic mass is 9.98. The maximum Gasteiger partial charge on any atom is 0.0542 e. The first-order valence-corrected chi connectivity index (χ1v) is 34.1. The summed E-state index contributed by atoms with van der Waals surface area (Å²) in [6, 6.07) is 127. The molecule has 0 saturated carbocycles. The summed E-state index contributed by atoms with van der Waals surface area (Å²) >= 11 is 0. The van der Waals surface area contributed by atoms with Crippen LogP contribution in [0.15, 0.2) is 377 Å². The lowest BCUT2D eigenvalue weighted by molar-refractivity contribution is 1.16. The number of aromatic nitrogens is 6. The molecule has 20 rings (SSSR count). The maximum absolute atomic E-state index is 4.66. The van der Waals surface area contributed by atoms with Gasteiger partial charge in [-0.05, 0) is 177 Å². The normalized spacial score (nSPS) is 11.6. The molecule has 0 bridgehead atoms. The molecule has 0 unspecified atom stereocenters. The van der Waals surface area contributed by atoms with Crippen molar-refractivity contribution in [1.29, 1.82) is 0 Å². The second kappa shape index (κ2) is 24.3. The largest absolute Gasteiger partial charge is 0.309 e. The fourth-order valence-electron chi connectivity index (χ4n) is 15.3. The molecule has 0 atom stereocenters. The van der Waals surface area contributed by atoms with Crippen LogP contribution in [0.4, 0.5) is 0 Å². The summed E-state index contributed by atoms with van der Waals surface area (Å²) in [6.07, 6.45) is 7.65. The van der Waals surface area contributed by atoms with E-state index in [1.807, 2.05) is 36.9 Å². The van der Waals surface area contributed by atoms with Crippen molar-refractivity contribution in [1.82, 2.24) is 28.2 Å². The van der Waals surface area contributed by atoms with Gasteiger partial charge in [-0.25, -0.2) is 0 Å². The Kier molecular flexibility index (Phi) is 14.1. The molecule has 0 amide bonds. The van der Waals surface area contributed by atoms with Crippen molar-refractivity contribution in [2.75, 3.05) is 0 Å². The molecule has 0 spiro atoms. The number of nitrogens with zero attached hydrogens (tertiary/aromatic N) is 6. The van der Waals surface area contributed by atoms with Gasteiger partial charge in [-0.1, -0.05) is 224 Å². The van der Waals surface area contributed by atoms with Gasteiger partial charge in [0.25, 0.3) is 0 Å². The van der Waals surface area contributed by atoms with E-state index < -0.39 is 0 Å². The predicted octanol–water partition coefficient (Wildman–Crippen LogP) is 24.6. The smallest absolute Gasteiger partial charge is 0.0542 e. The van der Waals surface area contributed by atoms with Crippen LogP contribution in [-0.2, 0) is 0 Å². The van der Waals surface area contributed by atoms with E-state index in [1.165, 1.54) is 110 Å². The highest BCUT2D eigenvalue weighted by Crippen LogP contribution is 2.43. The average Bonchev–Trinajstić information content (AvgIpc) is 1.58. The molecule has 0 radical (unpaired) electrons. The van der Waals surface area contributed by atoms with Crippen molar-refractivity contribution in [3.05, 3.63) is 377 Å². The van der Waals surface area contributed by atoms with Crippen LogP contribution in [0.5, 0.6) is 0 Å². The van der Waals surface area contributed by atoms with Crippen LogP contribution in [0.25, 0.3) is 177 Å². The lowest BCUT2D eigenvalue weighted by Gasteiger charge is -2.12. The van der Waals surface area contributed by atoms with Crippen molar-refractivity contribution < 1.29 is 0 Å². The van der Waals surface area contributed by atoms with Gasteiger partial charge in [-0.2, -0.15) is 0 Å². The summed E-state index contributed by atoms with van der Waals surface area (Å²) in [5.41, 5.74) is 28.0. The Balaban J connectivity index is 0.000000143. The molecule has 0 aliphatic rings. The summed E-state index contributed by atoms with van der Waals surface area (Å²) in [5.74, 6) is 0. The summed E-state index contributed by atoms with van der Waals surface area (Å²) in [7, 11) is 0. The number of fused-ring (bicyclic) bond motifs is 12. The van der Waals surface area contributed by atoms with Crippen LogP contribution in [0.2, 0.25) is 0 Å². The Bertz CT molecular complexity index is 6410. The molecule has 468 valence electrons. The van der Waals surface area contributed by atoms with Crippen LogP contribution in [0.1, 0.15) is 0 Å². The summed E-state index contributed by atoms with van der Waals surface area (Å²) < 4.78 is 9.63. The molecule has 6 aromatic heterocycles. The highest BCUT2D eigenvalue weighted by Gasteiger charge is 2.21. The van der Waals surface area contributed by atoms with Crippen molar-refractivity contribution in [3.8, 4) is 89.5 Å². The number of hydrogen-bond acceptors (Lipinski definition) is 2. The van der Waals surface area contributed by atoms with Gasteiger partial charge >= 0.3 is 0 Å². The third kappa shape index (κ3) is 10.0. The molecule has 6 heteroatoms. The Morgan fingerprint density at radius 3 is 0.870 bits per heavy atom. The van der Waals surface area contributed by atoms with Gasteiger partial charge in [-0.15, -0.1) is 0 Å². The Morgan fingerprint density at radius 2 is 0.430 bits per heavy atom. The summed E-state index contributed by atoms with van der Waals surface area (Å²) in [6.45, 7) is 0. The SMILES string of the molecule is c1ccc(-c2ccc3c(c2)c2cc(-n4c5ccccc5c5ccccc54)ccc2n3-c2cccc(-c3cccnc3)c2)cc1.c1ccc(-c2cccc(-c3ccc4c(c3)c3cc(-n5c6ccccc6c6ccccc65)ccc3n4-c3cccc(-c4cncc(-c5ccccc5)c4)c3)c2)cc1. The molecule has 14 aromatic carbocycles. The van der Waals surface area contributed by atoms with Crippen LogP contribution in [0, 0.1) is 0 Å². The van der Waals surface area contributed by atoms with Crippen molar-refractivity contribution in [2.45, 2.75) is 0 Å². The lowest BCUT2D eigenvalue weighted by Crippen LogP contribution is -1.96. The molecule has 6 nitrogen and oxygen atoms in total. The number of hydrogen-bond donors (Lipinski definition) is 0. The number of benzene rings is 14. The third-order valence-corrected chi connectivity index (χ3v) is 20.0. The molecule has 0 fully saturated rings. The molecule has 0 N–H and O–H groups in total. The highest BCUT2D eigenvalue weighted by molar-refractivity contribution is 6.15. The van der Waals surface area contributed by atoms with Crippen LogP contribution < -0.4 is 0 Å². The van der Waals surface area contributed by atoms with E-state index in [9.17, 15) is 0 Å².